The number of carbonyl (C=O) groups excluding carboxylic acids is 3. The molecule has 0 bridgehead atoms. The quantitative estimate of drug-likeness (QED) is 0.166. The molecule has 0 heterocycles. The van der Waals surface area contributed by atoms with Gasteiger partial charge in [-0.2, -0.15) is 0 Å². The third-order valence-corrected chi connectivity index (χ3v) is 5.32. The van der Waals surface area contributed by atoms with E-state index in [2.05, 4.69) is 16.0 Å². The summed E-state index contributed by atoms with van der Waals surface area (Å²) >= 11 is 0. The van der Waals surface area contributed by atoms with Gasteiger partial charge in [-0.05, 0) is 62.8 Å². The maximum atomic E-state index is 13.0. The summed E-state index contributed by atoms with van der Waals surface area (Å²) in [5.41, 5.74) is 11.7. The molecule has 1 rings (SSSR count). The Morgan fingerprint density at radius 1 is 0.857 bits per heavy atom. The number of nitrogens with one attached hydrogen (secondary N) is 3. The Balaban J connectivity index is 2.98. The fraction of sp³-hybridized carbons (Fsp3) is 0.583. The van der Waals surface area contributed by atoms with Crippen LogP contribution in [0, 0.1) is 5.92 Å². The highest BCUT2D eigenvalue weighted by Gasteiger charge is 2.30. The largest absolute Gasteiger partial charge is 0.508 e. The first-order valence-corrected chi connectivity index (χ1v) is 11.8. The van der Waals surface area contributed by atoms with E-state index in [1.165, 1.54) is 19.1 Å². The molecule has 0 unspecified atom stereocenters. The summed E-state index contributed by atoms with van der Waals surface area (Å²) in [7, 11) is 0. The molecule has 9 N–H and O–H groups in total. The summed E-state index contributed by atoms with van der Waals surface area (Å²) in [6.45, 7) is 5.67. The van der Waals surface area contributed by atoms with Crippen LogP contribution in [0.3, 0.4) is 0 Å². The average Bonchev–Trinajstić information content (AvgIpc) is 2.78. The molecule has 0 aliphatic heterocycles. The molecule has 0 aliphatic rings. The van der Waals surface area contributed by atoms with E-state index in [1.807, 2.05) is 13.8 Å². The predicted octanol–water partition coefficient (Wildman–Crippen LogP) is -0.00400. The van der Waals surface area contributed by atoms with Crippen LogP contribution in [-0.4, -0.2) is 64.6 Å². The number of carboxylic acids is 1. The molecule has 196 valence electrons. The van der Waals surface area contributed by atoms with Gasteiger partial charge < -0.3 is 37.6 Å². The summed E-state index contributed by atoms with van der Waals surface area (Å²) in [4.78, 5) is 49.9. The van der Waals surface area contributed by atoms with E-state index in [9.17, 15) is 29.4 Å². The molecule has 11 heteroatoms. The number of carboxylic acid groups (broad SMARTS) is 1. The minimum absolute atomic E-state index is 0.00411. The summed E-state index contributed by atoms with van der Waals surface area (Å²) in [6, 6.07) is 2.03. The molecule has 1 aromatic carbocycles. The fourth-order valence-corrected chi connectivity index (χ4v) is 3.38. The van der Waals surface area contributed by atoms with Gasteiger partial charge in [0.05, 0.1) is 6.04 Å². The van der Waals surface area contributed by atoms with Crippen LogP contribution in [0.15, 0.2) is 24.3 Å². The Morgan fingerprint density at radius 3 is 1.91 bits per heavy atom. The standard InChI is InChI=1S/C24H39N5O6/c1-14(2)12-19(28-22(32)18(6-4-5-11-25)27-21(31)15(3)26)23(33)29-20(24(34)35)13-16-7-9-17(30)10-8-16/h7-10,14-15,18-20,30H,4-6,11-13,25-26H2,1-3H3,(H,27,31)(H,28,32)(H,29,33)(H,34,35)/t15-,18-,19-,20-/m0/s1. The van der Waals surface area contributed by atoms with Crippen molar-refractivity contribution in [3.05, 3.63) is 29.8 Å². The van der Waals surface area contributed by atoms with Crippen molar-refractivity contribution in [2.24, 2.45) is 17.4 Å². The molecule has 0 saturated carbocycles. The molecule has 35 heavy (non-hydrogen) atoms. The van der Waals surface area contributed by atoms with Crippen LogP contribution in [0.2, 0.25) is 0 Å². The van der Waals surface area contributed by atoms with Crippen LogP contribution in [0.5, 0.6) is 5.75 Å². The van der Waals surface area contributed by atoms with Crippen LogP contribution < -0.4 is 27.4 Å². The lowest BCUT2D eigenvalue weighted by Gasteiger charge is -2.26. The molecule has 0 aliphatic carbocycles. The van der Waals surface area contributed by atoms with Crippen LogP contribution in [0.1, 0.15) is 52.0 Å². The van der Waals surface area contributed by atoms with E-state index in [0.29, 0.717) is 31.4 Å². The number of carbonyl (C=O) groups is 4. The fourth-order valence-electron chi connectivity index (χ4n) is 3.38. The summed E-state index contributed by atoms with van der Waals surface area (Å²) in [5.74, 6) is -2.87. The van der Waals surface area contributed by atoms with Crippen molar-refractivity contribution >= 4 is 23.7 Å². The Labute approximate surface area is 206 Å². The van der Waals surface area contributed by atoms with Gasteiger partial charge in [0, 0.05) is 6.42 Å². The first-order chi connectivity index (χ1) is 16.4. The van der Waals surface area contributed by atoms with Gasteiger partial charge in [-0.25, -0.2) is 4.79 Å². The summed E-state index contributed by atoms with van der Waals surface area (Å²) < 4.78 is 0. The van der Waals surface area contributed by atoms with Crippen molar-refractivity contribution in [2.45, 2.75) is 77.0 Å². The highest BCUT2D eigenvalue weighted by Crippen LogP contribution is 2.13. The van der Waals surface area contributed by atoms with E-state index < -0.39 is 47.9 Å². The molecule has 0 fully saturated rings. The van der Waals surface area contributed by atoms with Gasteiger partial charge in [-0.15, -0.1) is 0 Å². The van der Waals surface area contributed by atoms with Crippen LogP contribution >= 0.6 is 0 Å². The lowest BCUT2D eigenvalue weighted by atomic mass is 10.0. The van der Waals surface area contributed by atoms with Gasteiger partial charge in [0.25, 0.3) is 0 Å². The number of amides is 3. The van der Waals surface area contributed by atoms with Gasteiger partial charge >= 0.3 is 5.97 Å². The minimum Gasteiger partial charge on any atom is -0.508 e. The summed E-state index contributed by atoms with van der Waals surface area (Å²) in [6.07, 6.45) is 1.82. The van der Waals surface area contributed by atoms with Crippen LogP contribution in [-0.2, 0) is 25.6 Å². The van der Waals surface area contributed by atoms with Gasteiger partial charge in [0.15, 0.2) is 0 Å². The molecule has 3 amide bonds. The predicted molar refractivity (Wildman–Crippen MR) is 131 cm³/mol. The van der Waals surface area contributed by atoms with Crippen molar-refractivity contribution in [3.8, 4) is 5.75 Å². The topological polar surface area (TPSA) is 197 Å². The first-order valence-electron chi connectivity index (χ1n) is 11.8. The number of phenols is 1. The van der Waals surface area contributed by atoms with Crippen molar-refractivity contribution in [2.75, 3.05) is 6.54 Å². The molecule has 11 nitrogen and oxygen atoms in total. The van der Waals surface area contributed by atoms with Gasteiger partial charge in [0.1, 0.15) is 23.9 Å². The van der Waals surface area contributed by atoms with E-state index in [0.717, 1.165) is 0 Å². The van der Waals surface area contributed by atoms with Gasteiger partial charge in [-0.3, -0.25) is 14.4 Å². The normalized spacial score (nSPS) is 14.5. The number of unbranched alkanes of at least 4 members (excludes halogenated alkanes) is 1. The molecule has 0 aromatic heterocycles. The number of aromatic hydroxyl groups is 1. The van der Waals surface area contributed by atoms with Crippen molar-refractivity contribution in [1.82, 2.24) is 16.0 Å². The SMILES string of the molecule is CC(C)C[C@H](NC(=O)[C@H](CCCCN)NC(=O)[C@H](C)N)C(=O)N[C@@H](Cc1ccc(O)cc1)C(=O)O. The Bertz CT molecular complexity index is 843. The third kappa shape index (κ3) is 11.2. The third-order valence-electron chi connectivity index (χ3n) is 5.32. The van der Waals surface area contributed by atoms with Gasteiger partial charge in [-0.1, -0.05) is 26.0 Å². The lowest BCUT2D eigenvalue weighted by Crippen LogP contribution is -2.57. The second-order valence-electron chi connectivity index (χ2n) is 9.10. The highest BCUT2D eigenvalue weighted by atomic mass is 16.4. The molecule has 0 radical (unpaired) electrons. The number of benzene rings is 1. The molecular weight excluding hydrogens is 454 g/mol. The zero-order valence-electron chi connectivity index (χ0n) is 20.6. The second-order valence-corrected chi connectivity index (χ2v) is 9.10. The van der Waals surface area contributed by atoms with E-state index in [-0.39, 0.29) is 24.5 Å². The molecule has 1 aromatic rings. The highest BCUT2D eigenvalue weighted by molar-refractivity contribution is 5.94. The Morgan fingerprint density at radius 2 is 1.40 bits per heavy atom. The van der Waals surface area contributed by atoms with Crippen molar-refractivity contribution in [1.29, 1.82) is 0 Å². The smallest absolute Gasteiger partial charge is 0.326 e. The minimum atomic E-state index is -1.24. The Kier molecular flexibility index (Phi) is 12.7. The number of hydrogen-bond donors (Lipinski definition) is 7. The number of aliphatic carboxylic acids is 1. The number of nitrogens with two attached hydrogens (primary N) is 2. The number of rotatable bonds is 15. The maximum Gasteiger partial charge on any atom is 0.326 e. The Hall–Kier alpha value is -3.18. The van der Waals surface area contributed by atoms with Crippen LogP contribution in [0.4, 0.5) is 0 Å². The van der Waals surface area contributed by atoms with Crippen molar-refractivity contribution in [3.63, 3.8) is 0 Å². The number of hydrogen-bond acceptors (Lipinski definition) is 7. The molecule has 0 spiro atoms. The van der Waals surface area contributed by atoms with Crippen molar-refractivity contribution < 1.29 is 29.4 Å². The summed E-state index contributed by atoms with van der Waals surface area (Å²) in [5, 5.41) is 26.8. The number of phenolic OH excluding ortho intramolecular Hbond substituents is 1. The second kappa shape index (κ2) is 14.9. The van der Waals surface area contributed by atoms with Gasteiger partial charge in [0.2, 0.25) is 17.7 Å². The zero-order chi connectivity index (χ0) is 26.5. The zero-order valence-corrected chi connectivity index (χ0v) is 20.6. The lowest BCUT2D eigenvalue weighted by molar-refractivity contribution is -0.142. The van der Waals surface area contributed by atoms with Crippen LogP contribution in [0.25, 0.3) is 0 Å². The van der Waals surface area contributed by atoms with E-state index in [4.69, 9.17) is 11.5 Å². The molecular formula is C24H39N5O6. The maximum absolute atomic E-state index is 13.0. The van der Waals surface area contributed by atoms with E-state index in [1.54, 1.807) is 12.1 Å². The average molecular weight is 494 g/mol. The molecule has 0 saturated heterocycles. The molecule has 4 atom stereocenters. The monoisotopic (exact) mass is 493 g/mol. The van der Waals surface area contributed by atoms with E-state index >= 15 is 0 Å². The first kappa shape index (κ1) is 29.9.